The quantitative estimate of drug-likeness (QED) is 0.836. The molecule has 0 radical (unpaired) electrons. The Kier molecular flexibility index (Phi) is 4.59. The molecule has 1 aliphatic rings. The van der Waals surface area contributed by atoms with Crippen LogP contribution in [0.25, 0.3) is 0 Å². The van der Waals surface area contributed by atoms with Crippen LogP contribution in [0.3, 0.4) is 0 Å². The van der Waals surface area contributed by atoms with E-state index in [2.05, 4.69) is 10.6 Å². The van der Waals surface area contributed by atoms with Gasteiger partial charge in [0.25, 0.3) is 5.91 Å². The second-order valence-electron chi connectivity index (χ2n) is 4.55. The number of carbonyl (C=O) groups excluding carboxylic acids is 1. The van der Waals surface area contributed by atoms with Crippen LogP contribution in [-0.2, 0) is 4.74 Å². The third-order valence-corrected chi connectivity index (χ3v) is 3.10. The number of carbonyl (C=O) groups is 1. The summed E-state index contributed by atoms with van der Waals surface area (Å²) in [5.74, 6) is 0.458. The van der Waals surface area contributed by atoms with E-state index in [4.69, 9.17) is 4.74 Å². The first kappa shape index (κ1) is 12.9. The second-order valence-corrected chi connectivity index (χ2v) is 4.55. The molecule has 2 rings (SSSR count). The van der Waals surface area contributed by atoms with E-state index in [1.807, 2.05) is 31.2 Å². The molecule has 1 atom stereocenters. The molecule has 18 heavy (non-hydrogen) atoms. The predicted molar refractivity (Wildman–Crippen MR) is 71.9 cm³/mol. The van der Waals surface area contributed by atoms with Crippen molar-refractivity contribution in [2.75, 3.05) is 31.6 Å². The van der Waals surface area contributed by atoms with Gasteiger partial charge in [0.15, 0.2) is 0 Å². The number of benzene rings is 1. The van der Waals surface area contributed by atoms with Crippen molar-refractivity contribution in [2.24, 2.45) is 5.92 Å². The molecule has 2 N–H and O–H groups in total. The normalized spacial score (nSPS) is 18.6. The van der Waals surface area contributed by atoms with Crippen LogP contribution in [0.5, 0.6) is 0 Å². The summed E-state index contributed by atoms with van der Waals surface area (Å²) in [6, 6.07) is 7.55. The number of amides is 1. The molecular formula is C14H20N2O2. The van der Waals surface area contributed by atoms with Crippen molar-refractivity contribution in [1.29, 1.82) is 0 Å². The van der Waals surface area contributed by atoms with Crippen molar-refractivity contribution in [3.63, 3.8) is 0 Å². The van der Waals surface area contributed by atoms with Gasteiger partial charge in [-0.15, -0.1) is 0 Å². The molecule has 4 heteroatoms. The summed E-state index contributed by atoms with van der Waals surface area (Å²) < 4.78 is 5.28. The highest BCUT2D eigenvalue weighted by atomic mass is 16.5. The minimum Gasteiger partial charge on any atom is -0.385 e. The molecule has 1 aliphatic heterocycles. The van der Waals surface area contributed by atoms with Crippen molar-refractivity contribution >= 4 is 11.6 Å². The zero-order chi connectivity index (χ0) is 12.8. The number of hydrogen-bond acceptors (Lipinski definition) is 3. The molecule has 98 valence electrons. The smallest absolute Gasteiger partial charge is 0.251 e. The molecule has 1 fully saturated rings. The van der Waals surface area contributed by atoms with Crippen molar-refractivity contribution in [3.05, 3.63) is 29.8 Å². The van der Waals surface area contributed by atoms with Crippen molar-refractivity contribution < 1.29 is 9.53 Å². The summed E-state index contributed by atoms with van der Waals surface area (Å²) in [5.41, 5.74) is 1.74. The van der Waals surface area contributed by atoms with E-state index in [-0.39, 0.29) is 5.91 Å². The molecular weight excluding hydrogens is 228 g/mol. The lowest BCUT2D eigenvalue weighted by Crippen LogP contribution is -2.29. The van der Waals surface area contributed by atoms with E-state index in [1.54, 1.807) is 0 Å². The van der Waals surface area contributed by atoms with Gasteiger partial charge in [0.1, 0.15) is 0 Å². The minimum absolute atomic E-state index is 0.00931. The van der Waals surface area contributed by atoms with Crippen LogP contribution < -0.4 is 10.6 Å². The van der Waals surface area contributed by atoms with E-state index in [9.17, 15) is 4.79 Å². The highest BCUT2D eigenvalue weighted by Gasteiger charge is 2.16. The van der Waals surface area contributed by atoms with Gasteiger partial charge in [-0.25, -0.2) is 0 Å². The fraction of sp³-hybridized carbons (Fsp3) is 0.500. The first-order valence-electron chi connectivity index (χ1n) is 6.49. The first-order valence-corrected chi connectivity index (χ1v) is 6.49. The number of nitrogens with one attached hydrogen (secondary N) is 2. The van der Waals surface area contributed by atoms with Crippen molar-refractivity contribution in [2.45, 2.75) is 13.3 Å². The fourth-order valence-corrected chi connectivity index (χ4v) is 2.03. The largest absolute Gasteiger partial charge is 0.385 e. The Morgan fingerprint density at radius 1 is 1.39 bits per heavy atom. The molecule has 1 saturated heterocycles. The Labute approximate surface area is 108 Å². The summed E-state index contributed by atoms with van der Waals surface area (Å²) in [6.07, 6.45) is 1.04. The average molecular weight is 248 g/mol. The predicted octanol–water partition coefficient (Wildman–Crippen LogP) is 1.88. The molecule has 4 nitrogen and oxygen atoms in total. The fourth-order valence-electron chi connectivity index (χ4n) is 2.03. The van der Waals surface area contributed by atoms with Gasteiger partial charge in [-0.3, -0.25) is 4.79 Å². The van der Waals surface area contributed by atoms with Crippen LogP contribution in [0, 0.1) is 5.92 Å². The van der Waals surface area contributed by atoms with Gasteiger partial charge in [-0.2, -0.15) is 0 Å². The Morgan fingerprint density at radius 2 is 2.17 bits per heavy atom. The lowest BCUT2D eigenvalue weighted by atomic mass is 10.1. The number of ether oxygens (including phenoxy) is 1. The zero-order valence-electron chi connectivity index (χ0n) is 10.7. The standard InChI is InChI=1S/C14H20N2O2/c1-2-15-13-5-3-12(4-6-13)14(17)16-9-11-7-8-18-10-11/h3-6,11,15H,2,7-10H2,1H3,(H,16,17). The van der Waals surface area contributed by atoms with Gasteiger partial charge in [-0.1, -0.05) is 0 Å². The van der Waals surface area contributed by atoms with Gasteiger partial charge < -0.3 is 15.4 Å². The van der Waals surface area contributed by atoms with E-state index < -0.39 is 0 Å². The summed E-state index contributed by atoms with van der Waals surface area (Å²) in [5, 5.41) is 6.16. The molecule has 1 aromatic rings. The van der Waals surface area contributed by atoms with E-state index in [0.717, 1.165) is 31.9 Å². The van der Waals surface area contributed by atoms with Gasteiger partial charge in [0, 0.05) is 36.9 Å². The van der Waals surface area contributed by atoms with Crippen molar-refractivity contribution in [1.82, 2.24) is 5.32 Å². The maximum Gasteiger partial charge on any atom is 0.251 e. The minimum atomic E-state index is -0.00931. The Balaban J connectivity index is 1.83. The van der Waals surface area contributed by atoms with E-state index in [1.165, 1.54) is 0 Å². The third-order valence-electron chi connectivity index (χ3n) is 3.10. The summed E-state index contributed by atoms with van der Waals surface area (Å²) >= 11 is 0. The SMILES string of the molecule is CCNc1ccc(C(=O)NCC2CCOC2)cc1. The van der Waals surface area contributed by atoms with Crippen LogP contribution in [0.4, 0.5) is 5.69 Å². The van der Waals surface area contributed by atoms with Crippen LogP contribution in [0.1, 0.15) is 23.7 Å². The average Bonchev–Trinajstić information content (AvgIpc) is 2.90. The number of hydrogen-bond donors (Lipinski definition) is 2. The number of rotatable bonds is 5. The third kappa shape index (κ3) is 3.47. The molecule has 1 aromatic carbocycles. The van der Waals surface area contributed by atoms with E-state index in [0.29, 0.717) is 18.0 Å². The highest BCUT2D eigenvalue weighted by Crippen LogP contribution is 2.12. The van der Waals surface area contributed by atoms with Gasteiger partial charge >= 0.3 is 0 Å². The lowest BCUT2D eigenvalue weighted by Gasteiger charge is -2.10. The highest BCUT2D eigenvalue weighted by molar-refractivity contribution is 5.94. The van der Waals surface area contributed by atoms with Crippen LogP contribution in [-0.4, -0.2) is 32.2 Å². The monoisotopic (exact) mass is 248 g/mol. The van der Waals surface area contributed by atoms with Gasteiger partial charge in [0.05, 0.1) is 6.61 Å². The van der Waals surface area contributed by atoms with E-state index >= 15 is 0 Å². The lowest BCUT2D eigenvalue weighted by molar-refractivity contribution is 0.0945. The summed E-state index contributed by atoms with van der Waals surface area (Å²) in [7, 11) is 0. The van der Waals surface area contributed by atoms with Gasteiger partial charge in [0.2, 0.25) is 0 Å². The zero-order valence-corrected chi connectivity index (χ0v) is 10.7. The summed E-state index contributed by atoms with van der Waals surface area (Å²) in [6.45, 7) is 5.21. The summed E-state index contributed by atoms with van der Waals surface area (Å²) in [4.78, 5) is 11.9. The Morgan fingerprint density at radius 3 is 2.78 bits per heavy atom. The molecule has 1 unspecified atom stereocenters. The maximum absolute atomic E-state index is 11.9. The Bertz CT molecular complexity index is 383. The molecule has 0 spiro atoms. The maximum atomic E-state index is 11.9. The second kappa shape index (κ2) is 6.40. The topological polar surface area (TPSA) is 50.4 Å². The Hall–Kier alpha value is -1.55. The molecule has 1 heterocycles. The first-order chi connectivity index (χ1) is 8.79. The van der Waals surface area contributed by atoms with Crippen LogP contribution in [0.2, 0.25) is 0 Å². The molecule has 1 amide bonds. The molecule has 0 saturated carbocycles. The van der Waals surface area contributed by atoms with Gasteiger partial charge in [-0.05, 0) is 37.6 Å². The molecule has 0 bridgehead atoms. The molecule has 0 aromatic heterocycles. The van der Waals surface area contributed by atoms with Crippen LogP contribution >= 0.6 is 0 Å². The number of anilines is 1. The molecule has 0 aliphatic carbocycles. The van der Waals surface area contributed by atoms with Crippen molar-refractivity contribution in [3.8, 4) is 0 Å². The van der Waals surface area contributed by atoms with Crippen LogP contribution in [0.15, 0.2) is 24.3 Å².